The molecule has 3 aliphatic rings. The van der Waals surface area contributed by atoms with Gasteiger partial charge >= 0.3 is 6.03 Å². The maximum Gasteiger partial charge on any atom is 0.321 e. The molecule has 4 rings (SSSR count). The summed E-state index contributed by atoms with van der Waals surface area (Å²) >= 11 is 0. The molecule has 3 amide bonds. The Kier molecular flexibility index (Phi) is 5.08. The molecule has 3 saturated heterocycles. The van der Waals surface area contributed by atoms with Crippen molar-refractivity contribution in [3.63, 3.8) is 0 Å². The van der Waals surface area contributed by atoms with Crippen molar-refractivity contribution in [3.05, 3.63) is 29.8 Å². The number of fused-ring (bicyclic) bond motifs is 1. The van der Waals surface area contributed by atoms with E-state index in [2.05, 4.69) is 10.2 Å². The molecule has 0 aromatic heterocycles. The van der Waals surface area contributed by atoms with Gasteiger partial charge in [-0.15, -0.1) is 0 Å². The van der Waals surface area contributed by atoms with E-state index in [9.17, 15) is 9.59 Å². The number of piperazine rings is 1. The monoisotopic (exact) mass is 358 g/mol. The number of hydrogen-bond acceptors (Lipinski definition) is 4. The quantitative estimate of drug-likeness (QED) is 0.870. The van der Waals surface area contributed by atoms with E-state index in [0.29, 0.717) is 30.9 Å². The third-order valence-electron chi connectivity index (χ3n) is 5.52. The van der Waals surface area contributed by atoms with Crippen LogP contribution in [-0.4, -0.2) is 85.2 Å². The Bertz CT molecular complexity index is 675. The number of carbonyl (C=O) groups excluding carboxylic acids is 2. The summed E-state index contributed by atoms with van der Waals surface area (Å²) in [7, 11) is 0. The highest BCUT2D eigenvalue weighted by molar-refractivity contribution is 6.03. The van der Waals surface area contributed by atoms with E-state index in [1.165, 1.54) is 0 Å². The van der Waals surface area contributed by atoms with Crippen LogP contribution in [0.25, 0.3) is 0 Å². The van der Waals surface area contributed by atoms with Gasteiger partial charge in [-0.1, -0.05) is 12.1 Å². The molecule has 1 atom stereocenters. The number of ether oxygens (including phenoxy) is 1. The fourth-order valence-corrected chi connectivity index (χ4v) is 3.99. The number of anilines is 1. The first-order chi connectivity index (χ1) is 12.7. The number of morpholine rings is 1. The van der Waals surface area contributed by atoms with E-state index in [1.807, 2.05) is 21.9 Å². The Hall–Kier alpha value is -2.12. The Morgan fingerprint density at radius 3 is 2.65 bits per heavy atom. The molecule has 0 spiro atoms. The smallest absolute Gasteiger partial charge is 0.321 e. The minimum absolute atomic E-state index is 0.00361. The van der Waals surface area contributed by atoms with Crippen molar-refractivity contribution < 1.29 is 14.3 Å². The van der Waals surface area contributed by atoms with Gasteiger partial charge < -0.3 is 19.9 Å². The van der Waals surface area contributed by atoms with E-state index < -0.39 is 0 Å². The number of nitrogens with zero attached hydrogens (tertiary/aromatic N) is 3. The molecule has 1 aromatic carbocycles. The van der Waals surface area contributed by atoms with Crippen LogP contribution in [0.1, 0.15) is 23.2 Å². The first-order valence-electron chi connectivity index (χ1n) is 9.48. The van der Waals surface area contributed by atoms with Crippen LogP contribution >= 0.6 is 0 Å². The molecule has 3 heterocycles. The highest BCUT2D eigenvalue weighted by atomic mass is 16.5. The topological polar surface area (TPSA) is 65.1 Å². The Morgan fingerprint density at radius 1 is 1.00 bits per heavy atom. The van der Waals surface area contributed by atoms with E-state index in [-0.39, 0.29) is 18.0 Å². The molecule has 1 N–H and O–H groups in total. The zero-order valence-corrected chi connectivity index (χ0v) is 15.0. The molecule has 140 valence electrons. The van der Waals surface area contributed by atoms with Crippen LogP contribution in [-0.2, 0) is 4.74 Å². The molecule has 0 aliphatic carbocycles. The molecule has 7 nitrogen and oxygen atoms in total. The lowest BCUT2D eigenvalue weighted by Gasteiger charge is -2.43. The molecule has 0 radical (unpaired) electrons. The zero-order valence-electron chi connectivity index (χ0n) is 15.0. The van der Waals surface area contributed by atoms with Crippen molar-refractivity contribution in [2.45, 2.75) is 18.9 Å². The standard InChI is InChI=1S/C19H26N4O3/c24-18(22-7-3-4-8-22)16-5-1-2-6-17(16)20-19(25)23-10-9-21-11-12-26-14-15(21)13-23/h1-2,5-6,15H,3-4,7-14H2,(H,20,25). The molecular formula is C19H26N4O3. The van der Waals surface area contributed by atoms with Crippen LogP contribution in [0.2, 0.25) is 0 Å². The predicted octanol–water partition coefficient (Wildman–Crippen LogP) is 1.47. The van der Waals surface area contributed by atoms with Crippen molar-refractivity contribution >= 4 is 17.6 Å². The normalized spacial score (nSPS) is 23.6. The van der Waals surface area contributed by atoms with Crippen molar-refractivity contribution in [1.82, 2.24) is 14.7 Å². The van der Waals surface area contributed by atoms with Crippen molar-refractivity contribution in [3.8, 4) is 0 Å². The molecule has 3 aliphatic heterocycles. The fraction of sp³-hybridized carbons (Fsp3) is 0.579. The lowest BCUT2D eigenvalue weighted by atomic mass is 10.1. The van der Waals surface area contributed by atoms with Gasteiger partial charge in [-0.05, 0) is 25.0 Å². The molecule has 0 bridgehead atoms. The van der Waals surface area contributed by atoms with E-state index in [4.69, 9.17) is 4.74 Å². The number of amides is 3. The Labute approximate surface area is 153 Å². The van der Waals surface area contributed by atoms with Gasteiger partial charge in [-0.25, -0.2) is 4.79 Å². The van der Waals surface area contributed by atoms with Gasteiger partial charge in [0.25, 0.3) is 5.91 Å². The highest BCUT2D eigenvalue weighted by Gasteiger charge is 2.32. The molecule has 1 aromatic rings. The number of hydrogen-bond donors (Lipinski definition) is 1. The minimum Gasteiger partial charge on any atom is -0.378 e. The van der Waals surface area contributed by atoms with Crippen molar-refractivity contribution in [1.29, 1.82) is 0 Å². The first kappa shape index (κ1) is 17.3. The lowest BCUT2D eigenvalue weighted by Crippen LogP contribution is -2.59. The average molecular weight is 358 g/mol. The molecule has 0 saturated carbocycles. The third-order valence-corrected chi connectivity index (χ3v) is 5.52. The van der Waals surface area contributed by atoms with Gasteiger partial charge in [0.2, 0.25) is 0 Å². The fourth-order valence-electron chi connectivity index (χ4n) is 3.99. The largest absolute Gasteiger partial charge is 0.378 e. The minimum atomic E-state index is -0.142. The van der Waals surface area contributed by atoms with Crippen LogP contribution in [0.3, 0.4) is 0 Å². The lowest BCUT2D eigenvalue weighted by molar-refractivity contribution is -0.0355. The van der Waals surface area contributed by atoms with E-state index >= 15 is 0 Å². The van der Waals surface area contributed by atoms with E-state index in [0.717, 1.165) is 45.6 Å². The second-order valence-corrected chi connectivity index (χ2v) is 7.19. The number of para-hydroxylation sites is 1. The number of nitrogens with one attached hydrogen (secondary N) is 1. The zero-order chi connectivity index (χ0) is 17.9. The predicted molar refractivity (Wildman–Crippen MR) is 98.4 cm³/mol. The summed E-state index contributed by atoms with van der Waals surface area (Å²) in [5.41, 5.74) is 1.17. The number of carbonyl (C=O) groups is 2. The van der Waals surface area contributed by atoms with Gasteiger partial charge in [0, 0.05) is 39.3 Å². The van der Waals surface area contributed by atoms with Crippen LogP contribution in [0.5, 0.6) is 0 Å². The summed E-state index contributed by atoms with van der Waals surface area (Å²) in [5, 5.41) is 2.96. The summed E-state index contributed by atoms with van der Waals surface area (Å²) in [6, 6.07) is 7.42. The second-order valence-electron chi connectivity index (χ2n) is 7.19. The van der Waals surface area contributed by atoms with Crippen molar-refractivity contribution in [2.24, 2.45) is 0 Å². The number of rotatable bonds is 2. The summed E-state index contributed by atoms with van der Waals surface area (Å²) in [4.78, 5) is 31.6. The SMILES string of the molecule is O=C(Nc1ccccc1C(=O)N1CCCC1)N1CCN2CCOCC2C1. The summed E-state index contributed by atoms with van der Waals surface area (Å²) < 4.78 is 5.54. The van der Waals surface area contributed by atoms with Gasteiger partial charge in [0.15, 0.2) is 0 Å². The number of likely N-dealkylation sites (tertiary alicyclic amines) is 1. The van der Waals surface area contributed by atoms with Gasteiger partial charge in [-0.2, -0.15) is 0 Å². The molecule has 7 heteroatoms. The Balaban J connectivity index is 1.43. The average Bonchev–Trinajstić information content (AvgIpc) is 3.22. The molecular weight excluding hydrogens is 332 g/mol. The Morgan fingerprint density at radius 2 is 1.81 bits per heavy atom. The van der Waals surface area contributed by atoms with Gasteiger partial charge in [-0.3, -0.25) is 9.69 Å². The number of benzene rings is 1. The maximum atomic E-state index is 12.8. The highest BCUT2D eigenvalue weighted by Crippen LogP contribution is 2.21. The molecule has 1 unspecified atom stereocenters. The van der Waals surface area contributed by atoms with Crippen molar-refractivity contribution in [2.75, 3.05) is 57.8 Å². The van der Waals surface area contributed by atoms with Crippen LogP contribution < -0.4 is 5.32 Å². The molecule has 3 fully saturated rings. The maximum absolute atomic E-state index is 12.8. The van der Waals surface area contributed by atoms with Gasteiger partial charge in [0.1, 0.15) is 0 Å². The van der Waals surface area contributed by atoms with Gasteiger partial charge in [0.05, 0.1) is 30.5 Å². The van der Waals surface area contributed by atoms with Crippen LogP contribution in [0, 0.1) is 0 Å². The molecule has 26 heavy (non-hydrogen) atoms. The van der Waals surface area contributed by atoms with Crippen LogP contribution in [0.15, 0.2) is 24.3 Å². The summed E-state index contributed by atoms with van der Waals surface area (Å²) in [6.07, 6.45) is 2.10. The summed E-state index contributed by atoms with van der Waals surface area (Å²) in [5.74, 6) is 0.00361. The first-order valence-corrected chi connectivity index (χ1v) is 9.48. The number of urea groups is 1. The van der Waals surface area contributed by atoms with E-state index in [1.54, 1.807) is 12.1 Å². The third kappa shape index (κ3) is 3.54. The second kappa shape index (κ2) is 7.63. The summed E-state index contributed by atoms with van der Waals surface area (Å²) in [6.45, 7) is 6.21. The van der Waals surface area contributed by atoms with Crippen LogP contribution in [0.4, 0.5) is 10.5 Å².